The van der Waals surface area contributed by atoms with E-state index in [0.717, 1.165) is 18.4 Å². The summed E-state index contributed by atoms with van der Waals surface area (Å²) in [4.78, 5) is 26.9. The fourth-order valence-corrected chi connectivity index (χ4v) is 3.70. The van der Waals surface area contributed by atoms with Gasteiger partial charge in [0.2, 0.25) is 5.91 Å². The number of piperidine rings is 1. The van der Waals surface area contributed by atoms with Gasteiger partial charge in [0, 0.05) is 18.7 Å². The number of carbonyl (C=O) groups excluding carboxylic acids is 2. The van der Waals surface area contributed by atoms with Crippen LogP contribution in [0.25, 0.3) is 0 Å². The number of rotatable bonds is 3. The number of nitriles is 1. The van der Waals surface area contributed by atoms with Crippen molar-refractivity contribution in [3.05, 3.63) is 52.4 Å². The van der Waals surface area contributed by atoms with E-state index >= 15 is 0 Å². The molecule has 1 saturated heterocycles. The highest BCUT2D eigenvalue weighted by molar-refractivity contribution is 7.14. The van der Waals surface area contributed by atoms with E-state index in [1.807, 2.05) is 31.2 Å². The lowest BCUT2D eigenvalue weighted by atomic mass is 9.96. The Morgan fingerprint density at radius 1 is 1.28 bits per heavy atom. The summed E-state index contributed by atoms with van der Waals surface area (Å²) >= 11 is 1.34. The Hall–Kier alpha value is -2.65. The topological polar surface area (TPSA) is 73.2 Å². The van der Waals surface area contributed by atoms with Crippen LogP contribution in [0.3, 0.4) is 0 Å². The molecular formula is C19H19N3O2S. The van der Waals surface area contributed by atoms with Crippen molar-refractivity contribution in [3.63, 3.8) is 0 Å². The lowest BCUT2D eigenvalue weighted by Gasteiger charge is -2.32. The van der Waals surface area contributed by atoms with Gasteiger partial charge in [-0.05, 0) is 43.3 Å². The molecule has 1 aliphatic rings. The maximum Gasteiger partial charge on any atom is 0.253 e. The SMILES string of the molecule is Cc1ccc(C(=O)N2CCC[C@H](C(=O)Nc3sccc3C#N)C2)cc1. The van der Waals surface area contributed by atoms with E-state index in [-0.39, 0.29) is 17.7 Å². The largest absolute Gasteiger partial charge is 0.338 e. The number of nitrogens with zero attached hydrogens (tertiary/aromatic N) is 2. The molecule has 128 valence electrons. The highest BCUT2D eigenvalue weighted by Crippen LogP contribution is 2.25. The van der Waals surface area contributed by atoms with Gasteiger partial charge in [0.15, 0.2) is 0 Å². The summed E-state index contributed by atoms with van der Waals surface area (Å²) in [5.41, 5.74) is 2.23. The molecular weight excluding hydrogens is 334 g/mol. The van der Waals surface area contributed by atoms with Crippen molar-refractivity contribution in [2.75, 3.05) is 18.4 Å². The van der Waals surface area contributed by atoms with Crippen LogP contribution in [0.15, 0.2) is 35.7 Å². The number of anilines is 1. The molecule has 2 amide bonds. The molecule has 1 atom stereocenters. The minimum Gasteiger partial charge on any atom is -0.338 e. The number of likely N-dealkylation sites (tertiary alicyclic amines) is 1. The van der Waals surface area contributed by atoms with Crippen LogP contribution in [0.1, 0.15) is 34.3 Å². The molecule has 2 heterocycles. The van der Waals surface area contributed by atoms with Crippen molar-refractivity contribution in [1.82, 2.24) is 4.90 Å². The first-order chi connectivity index (χ1) is 12.1. The van der Waals surface area contributed by atoms with E-state index in [4.69, 9.17) is 5.26 Å². The zero-order valence-electron chi connectivity index (χ0n) is 14.0. The number of thiophene rings is 1. The van der Waals surface area contributed by atoms with Gasteiger partial charge in [-0.15, -0.1) is 11.3 Å². The van der Waals surface area contributed by atoms with Crippen LogP contribution in [0.5, 0.6) is 0 Å². The molecule has 0 radical (unpaired) electrons. The first-order valence-electron chi connectivity index (χ1n) is 8.23. The van der Waals surface area contributed by atoms with Crippen LogP contribution < -0.4 is 5.32 Å². The molecule has 0 aliphatic carbocycles. The molecule has 25 heavy (non-hydrogen) atoms. The van der Waals surface area contributed by atoms with Gasteiger partial charge in [0.25, 0.3) is 5.91 Å². The summed E-state index contributed by atoms with van der Waals surface area (Å²) in [5, 5.41) is 14.2. The standard InChI is InChI=1S/C19H19N3O2S/c1-13-4-6-14(7-5-13)19(24)22-9-2-3-16(12-22)17(23)21-18-15(11-20)8-10-25-18/h4-8,10,16H,2-3,9,12H2,1H3,(H,21,23)/t16-/m0/s1. The third kappa shape index (κ3) is 3.89. The zero-order valence-corrected chi connectivity index (χ0v) is 14.8. The van der Waals surface area contributed by atoms with Crippen molar-refractivity contribution in [1.29, 1.82) is 5.26 Å². The predicted molar refractivity (Wildman–Crippen MR) is 97.5 cm³/mol. The van der Waals surface area contributed by atoms with Gasteiger partial charge < -0.3 is 10.2 Å². The van der Waals surface area contributed by atoms with Gasteiger partial charge in [-0.25, -0.2) is 0 Å². The third-order valence-electron chi connectivity index (χ3n) is 4.40. The van der Waals surface area contributed by atoms with Crippen molar-refractivity contribution < 1.29 is 9.59 Å². The van der Waals surface area contributed by atoms with Gasteiger partial charge >= 0.3 is 0 Å². The fraction of sp³-hybridized carbons (Fsp3) is 0.316. The number of benzene rings is 1. The fourth-order valence-electron chi connectivity index (χ4n) is 2.96. The van der Waals surface area contributed by atoms with E-state index in [1.54, 1.807) is 16.3 Å². The van der Waals surface area contributed by atoms with E-state index in [0.29, 0.717) is 29.2 Å². The summed E-state index contributed by atoms with van der Waals surface area (Å²) in [6.07, 6.45) is 1.54. The molecule has 1 fully saturated rings. The normalized spacial score (nSPS) is 17.0. The number of nitrogens with one attached hydrogen (secondary N) is 1. The summed E-state index contributed by atoms with van der Waals surface area (Å²) in [5.74, 6) is -0.413. The molecule has 1 N–H and O–H groups in total. The average Bonchev–Trinajstić information content (AvgIpc) is 3.09. The van der Waals surface area contributed by atoms with Crippen molar-refractivity contribution in [2.45, 2.75) is 19.8 Å². The van der Waals surface area contributed by atoms with Crippen LogP contribution in [0.4, 0.5) is 5.00 Å². The second kappa shape index (κ2) is 7.49. The summed E-state index contributed by atoms with van der Waals surface area (Å²) in [6.45, 7) is 3.06. The van der Waals surface area contributed by atoms with Crippen molar-refractivity contribution >= 4 is 28.2 Å². The quantitative estimate of drug-likeness (QED) is 0.919. The van der Waals surface area contributed by atoms with E-state index < -0.39 is 0 Å². The van der Waals surface area contributed by atoms with E-state index in [1.165, 1.54) is 11.3 Å². The molecule has 3 rings (SSSR count). The number of aryl methyl sites for hydroxylation is 1. The van der Waals surface area contributed by atoms with E-state index in [9.17, 15) is 9.59 Å². The molecule has 0 unspecified atom stereocenters. The van der Waals surface area contributed by atoms with Gasteiger partial charge in [-0.2, -0.15) is 5.26 Å². The Balaban J connectivity index is 1.66. The van der Waals surface area contributed by atoms with Crippen LogP contribution in [-0.4, -0.2) is 29.8 Å². The second-order valence-corrected chi connectivity index (χ2v) is 7.14. The molecule has 0 saturated carbocycles. The second-order valence-electron chi connectivity index (χ2n) is 6.22. The molecule has 1 aliphatic heterocycles. The molecule has 1 aromatic heterocycles. The summed E-state index contributed by atoms with van der Waals surface area (Å²) in [7, 11) is 0. The number of hydrogen-bond donors (Lipinski definition) is 1. The summed E-state index contributed by atoms with van der Waals surface area (Å²) < 4.78 is 0. The third-order valence-corrected chi connectivity index (χ3v) is 5.23. The van der Waals surface area contributed by atoms with Gasteiger partial charge in [-0.1, -0.05) is 17.7 Å². The number of carbonyl (C=O) groups is 2. The highest BCUT2D eigenvalue weighted by Gasteiger charge is 2.29. The Bertz CT molecular complexity index is 820. The Morgan fingerprint density at radius 2 is 2.04 bits per heavy atom. The smallest absolute Gasteiger partial charge is 0.253 e. The van der Waals surface area contributed by atoms with Crippen molar-refractivity contribution in [2.24, 2.45) is 5.92 Å². The first kappa shape index (κ1) is 17.2. The lowest BCUT2D eigenvalue weighted by Crippen LogP contribution is -2.43. The molecule has 6 heteroatoms. The molecule has 5 nitrogen and oxygen atoms in total. The summed E-state index contributed by atoms with van der Waals surface area (Å²) in [6, 6.07) is 11.2. The van der Waals surface area contributed by atoms with Gasteiger partial charge in [0.1, 0.15) is 11.1 Å². The van der Waals surface area contributed by atoms with Crippen LogP contribution in [0.2, 0.25) is 0 Å². The Morgan fingerprint density at radius 3 is 2.76 bits per heavy atom. The molecule has 0 spiro atoms. The highest BCUT2D eigenvalue weighted by atomic mass is 32.1. The van der Waals surface area contributed by atoms with Crippen LogP contribution in [0, 0.1) is 24.2 Å². The maximum absolute atomic E-state index is 12.6. The zero-order chi connectivity index (χ0) is 17.8. The average molecular weight is 353 g/mol. The van der Waals surface area contributed by atoms with Crippen LogP contribution >= 0.6 is 11.3 Å². The lowest BCUT2D eigenvalue weighted by molar-refractivity contribution is -0.121. The Labute approximate surface area is 150 Å². The molecule has 2 aromatic rings. The maximum atomic E-state index is 12.6. The minimum absolute atomic E-state index is 0.0358. The molecule has 0 bridgehead atoms. The molecule has 1 aromatic carbocycles. The monoisotopic (exact) mass is 353 g/mol. The van der Waals surface area contributed by atoms with E-state index in [2.05, 4.69) is 11.4 Å². The van der Waals surface area contributed by atoms with Crippen LogP contribution in [-0.2, 0) is 4.79 Å². The van der Waals surface area contributed by atoms with Crippen molar-refractivity contribution in [3.8, 4) is 6.07 Å². The first-order valence-corrected chi connectivity index (χ1v) is 9.11. The van der Waals surface area contributed by atoms with Gasteiger partial charge in [0.05, 0.1) is 11.5 Å². The Kier molecular flexibility index (Phi) is 5.15. The number of hydrogen-bond acceptors (Lipinski definition) is 4. The van der Waals surface area contributed by atoms with Gasteiger partial charge in [-0.3, -0.25) is 9.59 Å². The predicted octanol–water partition coefficient (Wildman–Crippen LogP) is 3.42. The minimum atomic E-state index is -0.253. The number of amides is 2.